The predicted molar refractivity (Wildman–Crippen MR) is 117 cm³/mol. The standard InChI is InChI=1S/C22H25BrF3N3O2/c23-19-6-8-20(9-7-19)27-21(30)29(11-1-10-28-12-14-31-15-13-28)16-17-2-4-18(5-3-17)22(24,25)26/h2-9H,1,10-16H2,(H,27,30). The van der Waals surface area contributed by atoms with Crippen molar-refractivity contribution >= 4 is 27.6 Å². The van der Waals surface area contributed by atoms with E-state index in [0.717, 1.165) is 42.7 Å². The number of halogens is 4. The number of carbonyl (C=O) groups is 1. The number of nitrogens with zero attached hydrogens (tertiary/aromatic N) is 2. The fourth-order valence-corrected chi connectivity index (χ4v) is 3.58. The van der Waals surface area contributed by atoms with Gasteiger partial charge in [-0.2, -0.15) is 13.2 Å². The summed E-state index contributed by atoms with van der Waals surface area (Å²) in [6.07, 6.45) is -3.62. The minimum atomic E-state index is -4.38. The summed E-state index contributed by atoms with van der Waals surface area (Å²) in [5.41, 5.74) is 0.596. The number of amides is 2. The van der Waals surface area contributed by atoms with Gasteiger partial charge in [0.1, 0.15) is 0 Å². The van der Waals surface area contributed by atoms with E-state index in [0.29, 0.717) is 31.0 Å². The van der Waals surface area contributed by atoms with E-state index in [9.17, 15) is 18.0 Å². The molecule has 0 radical (unpaired) electrons. The molecule has 0 spiro atoms. The van der Waals surface area contributed by atoms with Gasteiger partial charge >= 0.3 is 12.2 Å². The fourth-order valence-electron chi connectivity index (χ4n) is 3.32. The molecule has 0 aliphatic carbocycles. The second-order valence-electron chi connectivity index (χ2n) is 7.36. The van der Waals surface area contributed by atoms with Crippen LogP contribution in [0.15, 0.2) is 53.0 Å². The largest absolute Gasteiger partial charge is 0.416 e. The lowest BCUT2D eigenvalue weighted by atomic mass is 10.1. The quantitative estimate of drug-likeness (QED) is 0.567. The molecule has 2 aromatic rings. The topological polar surface area (TPSA) is 44.8 Å². The van der Waals surface area contributed by atoms with E-state index >= 15 is 0 Å². The second-order valence-corrected chi connectivity index (χ2v) is 8.28. The van der Waals surface area contributed by atoms with Crippen molar-refractivity contribution in [3.05, 3.63) is 64.1 Å². The molecule has 1 aliphatic rings. The Kier molecular flexibility index (Phi) is 8.34. The molecular formula is C22H25BrF3N3O2. The number of carbonyl (C=O) groups excluding carboxylic acids is 1. The van der Waals surface area contributed by atoms with Crippen molar-refractivity contribution in [2.75, 3.05) is 44.7 Å². The first kappa shape index (κ1) is 23.6. The molecule has 0 saturated carbocycles. The van der Waals surface area contributed by atoms with Crippen molar-refractivity contribution in [2.24, 2.45) is 0 Å². The van der Waals surface area contributed by atoms with E-state index in [2.05, 4.69) is 26.1 Å². The van der Waals surface area contributed by atoms with Crippen molar-refractivity contribution in [3.63, 3.8) is 0 Å². The molecule has 31 heavy (non-hydrogen) atoms. The molecule has 0 bridgehead atoms. The third-order valence-corrected chi connectivity index (χ3v) is 5.57. The van der Waals surface area contributed by atoms with E-state index in [1.807, 2.05) is 12.1 Å². The maximum absolute atomic E-state index is 12.9. The van der Waals surface area contributed by atoms with Gasteiger partial charge in [0.25, 0.3) is 0 Å². The molecule has 1 aliphatic heterocycles. The zero-order valence-corrected chi connectivity index (χ0v) is 18.6. The number of rotatable bonds is 7. The Labute approximate surface area is 188 Å². The average molecular weight is 500 g/mol. The average Bonchev–Trinajstić information content (AvgIpc) is 2.75. The highest BCUT2D eigenvalue weighted by molar-refractivity contribution is 9.10. The van der Waals surface area contributed by atoms with E-state index in [1.165, 1.54) is 12.1 Å². The molecule has 0 unspecified atom stereocenters. The van der Waals surface area contributed by atoms with Gasteiger partial charge in [-0.15, -0.1) is 0 Å². The molecule has 1 fully saturated rings. The van der Waals surface area contributed by atoms with Gasteiger partial charge in [-0.05, 0) is 48.4 Å². The van der Waals surface area contributed by atoms with Crippen LogP contribution in [0.2, 0.25) is 0 Å². The van der Waals surface area contributed by atoms with Crippen LogP contribution in [0.1, 0.15) is 17.5 Å². The lowest BCUT2D eigenvalue weighted by Gasteiger charge is -2.28. The van der Waals surface area contributed by atoms with E-state index in [4.69, 9.17) is 4.74 Å². The summed E-state index contributed by atoms with van der Waals surface area (Å²) in [4.78, 5) is 16.8. The van der Waals surface area contributed by atoms with Crippen LogP contribution in [-0.2, 0) is 17.5 Å². The van der Waals surface area contributed by atoms with Crippen LogP contribution >= 0.6 is 15.9 Å². The van der Waals surface area contributed by atoms with Crippen LogP contribution in [0, 0.1) is 0 Å². The lowest BCUT2D eigenvalue weighted by Crippen LogP contribution is -2.40. The van der Waals surface area contributed by atoms with Crippen molar-refractivity contribution in [2.45, 2.75) is 19.1 Å². The van der Waals surface area contributed by atoms with Gasteiger partial charge in [0, 0.05) is 42.9 Å². The van der Waals surface area contributed by atoms with Gasteiger partial charge in [0.2, 0.25) is 0 Å². The van der Waals surface area contributed by atoms with Crippen LogP contribution in [0.4, 0.5) is 23.7 Å². The molecule has 0 aromatic heterocycles. The third-order valence-electron chi connectivity index (χ3n) is 5.04. The van der Waals surface area contributed by atoms with Gasteiger partial charge in [-0.1, -0.05) is 28.1 Å². The Morgan fingerprint density at radius 3 is 2.32 bits per heavy atom. The van der Waals surface area contributed by atoms with Crippen LogP contribution in [0.3, 0.4) is 0 Å². The molecular weight excluding hydrogens is 475 g/mol. The molecule has 1 saturated heterocycles. The highest BCUT2D eigenvalue weighted by Gasteiger charge is 2.30. The summed E-state index contributed by atoms with van der Waals surface area (Å²) in [6, 6.07) is 11.9. The van der Waals surface area contributed by atoms with E-state index in [1.54, 1.807) is 17.0 Å². The second kappa shape index (κ2) is 11.0. The molecule has 2 amide bonds. The summed E-state index contributed by atoms with van der Waals surface area (Å²) in [5, 5.41) is 2.87. The first-order chi connectivity index (χ1) is 14.8. The van der Waals surface area contributed by atoms with Crippen molar-refractivity contribution in [1.82, 2.24) is 9.80 Å². The van der Waals surface area contributed by atoms with Crippen molar-refractivity contribution in [3.8, 4) is 0 Å². The molecule has 9 heteroatoms. The number of ether oxygens (including phenoxy) is 1. The molecule has 0 atom stereocenters. The number of urea groups is 1. The van der Waals surface area contributed by atoms with Gasteiger partial charge in [0.15, 0.2) is 0 Å². The summed E-state index contributed by atoms with van der Waals surface area (Å²) in [6.45, 7) is 4.69. The number of nitrogens with one attached hydrogen (secondary N) is 1. The van der Waals surface area contributed by atoms with E-state index in [-0.39, 0.29) is 12.6 Å². The SMILES string of the molecule is O=C(Nc1ccc(Br)cc1)N(CCCN1CCOCC1)Cc1ccc(C(F)(F)F)cc1. The Morgan fingerprint density at radius 1 is 1.06 bits per heavy atom. The third kappa shape index (κ3) is 7.52. The van der Waals surface area contributed by atoms with Gasteiger partial charge in [-0.25, -0.2) is 4.79 Å². The van der Waals surface area contributed by atoms with E-state index < -0.39 is 11.7 Å². The summed E-state index contributed by atoms with van der Waals surface area (Å²) in [7, 11) is 0. The van der Waals surface area contributed by atoms with Crippen LogP contribution < -0.4 is 5.32 Å². The lowest BCUT2D eigenvalue weighted by molar-refractivity contribution is -0.137. The minimum Gasteiger partial charge on any atom is -0.379 e. The molecule has 2 aromatic carbocycles. The number of alkyl halides is 3. The van der Waals surface area contributed by atoms with Crippen LogP contribution in [-0.4, -0.2) is 55.2 Å². The highest BCUT2D eigenvalue weighted by Crippen LogP contribution is 2.29. The van der Waals surface area contributed by atoms with Crippen LogP contribution in [0.25, 0.3) is 0 Å². The summed E-state index contributed by atoms with van der Waals surface area (Å²) >= 11 is 3.36. The number of morpholine rings is 1. The Balaban J connectivity index is 1.64. The zero-order chi connectivity index (χ0) is 22.3. The monoisotopic (exact) mass is 499 g/mol. The van der Waals surface area contributed by atoms with Crippen molar-refractivity contribution in [1.29, 1.82) is 0 Å². The molecule has 1 heterocycles. The van der Waals surface area contributed by atoms with Gasteiger partial charge in [0.05, 0.1) is 18.8 Å². The predicted octanol–water partition coefficient (Wildman–Crippen LogP) is 5.22. The van der Waals surface area contributed by atoms with Crippen molar-refractivity contribution < 1.29 is 22.7 Å². The van der Waals surface area contributed by atoms with Gasteiger partial charge < -0.3 is 15.0 Å². The summed E-state index contributed by atoms with van der Waals surface area (Å²) in [5.74, 6) is 0. The number of benzene rings is 2. The smallest absolute Gasteiger partial charge is 0.379 e. The number of anilines is 1. The number of hydrogen-bond donors (Lipinski definition) is 1. The first-order valence-corrected chi connectivity index (χ1v) is 10.9. The fraction of sp³-hybridized carbons (Fsp3) is 0.409. The number of hydrogen-bond acceptors (Lipinski definition) is 3. The maximum atomic E-state index is 12.9. The Hall–Kier alpha value is -2.10. The maximum Gasteiger partial charge on any atom is 0.416 e. The van der Waals surface area contributed by atoms with Crippen LogP contribution in [0.5, 0.6) is 0 Å². The molecule has 1 N–H and O–H groups in total. The van der Waals surface area contributed by atoms with Gasteiger partial charge in [-0.3, -0.25) is 4.90 Å². The highest BCUT2D eigenvalue weighted by atomic mass is 79.9. The first-order valence-electron chi connectivity index (χ1n) is 10.1. The normalized spacial score (nSPS) is 15.0. The summed E-state index contributed by atoms with van der Waals surface area (Å²) < 4.78 is 44.8. The Bertz CT molecular complexity index is 839. The molecule has 168 valence electrons. The Morgan fingerprint density at radius 2 is 1.71 bits per heavy atom. The zero-order valence-electron chi connectivity index (χ0n) is 17.0. The minimum absolute atomic E-state index is 0.226. The molecule has 3 rings (SSSR count). The molecule has 5 nitrogen and oxygen atoms in total.